The summed E-state index contributed by atoms with van der Waals surface area (Å²) in [6, 6.07) is 5.45. The monoisotopic (exact) mass is 299 g/mol. The van der Waals surface area contributed by atoms with Gasteiger partial charge >= 0.3 is 0 Å². The predicted octanol–water partition coefficient (Wildman–Crippen LogP) is 1.57. The number of aryl methyl sites for hydroxylation is 1. The van der Waals surface area contributed by atoms with Crippen molar-refractivity contribution < 1.29 is 0 Å². The van der Waals surface area contributed by atoms with Gasteiger partial charge in [0, 0.05) is 5.02 Å². The van der Waals surface area contributed by atoms with Gasteiger partial charge in [-0.1, -0.05) is 28.8 Å². The van der Waals surface area contributed by atoms with Crippen molar-refractivity contribution in [3.63, 3.8) is 0 Å². The van der Waals surface area contributed by atoms with E-state index in [1.54, 1.807) is 6.07 Å². The van der Waals surface area contributed by atoms with Crippen LogP contribution < -0.4 is 5.56 Å². The van der Waals surface area contributed by atoms with E-state index in [4.69, 9.17) is 18.0 Å². The Balaban J connectivity index is 2.21. The highest BCUT2D eigenvalue weighted by molar-refractivity contribution is 6.31. The van der Waals surface area contributed by atoms with Crippen molar-refractivity contribution in [3.8, 4) is 18.0 Å². The third-order valence-electron chi connectivity index (χ3n) is 3.09. The first kappa shape index (κ1) is 13.3. The van der Waals surface area contributed by atoms with E-state index in [1.165, 1.54) is 15.6 Å². The molecule has 0 aliphatic rings. The third kappa shape index (κ3) is 2.18. The normalized spacial score (nSPS) is 10.7. The fourth-order valence-electron chi connectivity index (χ4n) is 1.94. The molecule has 0 radical (unpaired) electrons. The minimum absolute atomic E-state index is 0.144. The molecule has 0 bridgehead atoms. The van der Waals surface area contributed by atoms with Crippen molar-refractivity contribution in [2.45, 2.75) is 13.5 Å². The standard InChI is InChI=1S/C14H10ClN5O/c1-3-6-19-8-16-13-12(14(19)21)17-18-20(13)10-5-4-9(2)11(15)7-10/h1,4-5,7-8H,6H2,2H3. The fourth-order valence-corrected chi connectivity index (χ4v) is 2.12. The van der Waals surface area contributed by atoms with E-state index in [-0.39, 0.29) is 17.6 Å². The van der Waals surface area contributed by atoms with Crippen molar-refractivity contribution in [2.75, 3.05) is 0 Å². The van der Waals surface area contributed by atoms with Crippen LogP contribution in [-0.2, 0) is 6.54 Å². The molecular formula is C14H10ClN5O. The number of fused-ring (bicyclic) bond motifs is 1. The largest absolute Gasteiger partial charge is 0.285 e. The van der Waals surface area contributed by atoms with Crippen LogP contribution in [0.3, 0.4) is 0 Å². The van der Waals surface area contributed by atoms with Gasteiger partial charge in [0.15, 0.2) is 11.2 Å². The van der Waals surface area contributed by atoms with Crippen LogP contribution in [0, 0.1) is 19.3 Å². The van der Waals surface area contributed by atoms with Gasteiger partial charge in [-0.15, -0.1) is 11.5 Å². The molecule has 0 fully saturated rings. The highest BCUT2D eigenvalue weighted by Crippen LogP contribution is 2.20. The topological polar surface area (TPSA) is 65.6 Å². The fraction of sp³-hybridized carbons (Fsp3) is 0.143. The maximum absolute atomic E-state index is 12.2. The lowest BCUT2D eigenvalue weighted by molar-refractivity contribution is 0.778. The molecule has 0 atom stereocenters. The molecule has 7 heteroatoms. The predicted molar refractivity (Wildman–Crippen MR) is 79.5 cm³/mol. The molecule has 6 nitrogen and oxygen atoms in total. The van der Waals surface area contributed by atoms with Gasteiger partial charge in [-0.25, -0.2) is 4.98 Å². The van der Waals surface area contributed by atoms with Crippen molar-refractivity contribution in [1.29, 1.82) is 0 Å². The molecule has 0 saturated heterocycles. The van der Waals surface area contributed by atoms with E-state index < -0.39 is 0 Å². The smallest absolute Gasteiger partial charge is 0.284 e. The summed E-state index contributed by atoms with van der Waals surface area (Å²) in [4.78, 5) is 16.4. The molecule has 0 unspecified atom stereocenters. The lowest BCUT2D eigenvalue weighted by Crippen LogP contribution is -2.20. The van der Waals surface area contributed by atoms with Gasteiger partial charge in [0.05, 0.1) is 12.2 Å². The zero-order valence-electron chi connectivity index (χ0n) is 11.1. The molecule has 2 heterocycles. The number of halogens is 1. The van der Waals surface area contributed by atoms with Crippen LogP contribution in [0.4, 0.5) is 0 Å². The molecule has 104 valence electrons. The average Bonchev–Trinajstić information content (AvgIpc) is 2.90. The second-order valence-electron chi connectivity index (χ2n) is 4.49. The van der Waals surface area contributed by atoms with E-state index in [0.717, 1.165) is 5.56 Å². The van der Waals surface area contributed by atoms with Crippen LogP contribution in [0.5, 0.6) is 0 Å². The highest BCUT2D eigenvalue weighted by atomic mass is 35.5. The van der Waals surface area contributed by atoms with Gasteiger partial charge in [-0.05, 0) is 24.6 Å². The maximum Gasteiger partial charge on any atom is 0.284 e. The summed E-state index contributed by atoms with van der Waals surface area (Å²) in [6.07, 6.45) is 6.60. The minimum atomic E-state index is -0.317. The number of aromatic nitrogens is 5. The van der Waals surface area contributed by atoms with E-state index in [1.807, 2.05) is 19.1 Å². The maximum atomic E-state index is 12.2. The van der Waals surface area contributed by atoms with Crippen LogP contribution in [-0.4, -0.2) is 24.5 Å². The Kier molecular flexibility index (Phi) is 3.20. The molecule has 3 rings (SSSR count). The summed E-state index contributed by atoms with van der Waals surface area (Å²) in [5.74, 6) is 2.39. The molecule has 0 saturated carbocycles. The van der Waals surface area contributed by atoms with Crippen LogP contribution in [0.1, 0.15) is 5.56 Å². The van der Waals surface area contributed by atoms with Crippen molar-refractivity contribution >= 4 is 22.8 Å². The minimum Gasteiger partial charge on any atom is -0.285 e. The highest BCUT2D eigenvalue weighted by Gasteiger charge is 2.13. The first-order valence-corrected chi connectivity index (χ1v) is 6.50. The molecule has 0 spiro atoms. The molecule has 0 aliphatic heterocycles. The first-order valence-electron chi connectivity index (χ1n) is 6.12. The molecule has 0 aliphatic carbocycles. The number of hydrogen-bond donors (Lipinski definition) is 0. The lowest BCUT2D eigenvalue weighted by atomic mass is 10.2. The Bertz CT molecular complexity index is 935. The summed E-state index contributed by atoms with van der Waals surface area (Å²) in [6.45, 7) is 2.05. The number of benzene rings is 1. The van der Waals surface area contributed by atoms with Crippen molar-refractivity contribution in [3.05, 3.63) is 45.5 Å². The molecule has 0 amide bonds. The SMILES string of the molecule is C#CCn1cnc2c(nnn2-c2ccc(C)c(Cl)c2)c1=O. The molecular weight excluding hydrogens is 290 g/mol. The van der Waals surface area contributed by atoms with E-state index in [2.05, 4.69) is 21.2 Å². The second kappa shape index (κ2) is 5.04. The molecule has 1 aromatic carbocycles. The quantitative estimate of drug-likeness (QED) is 0.674. The summed E-state index contributed by atoms with van der Waals surface area (Å²) in [5.41, 5.74) is 1.86. The summed E-state index contributed by atoms with van der Waals surface area (Å²) in [7, 11) is 0. The van der Waals surface area contributed by atoms with E-state index in [0.29, 0.717) is 16.4 Å². The first-order chi connectivity index (χ1) is 10.1. The van der Waals surface area contributed by atoms with Gasteiger partial charge in [-0.2, -0.15) is 4.68 Å². The zero-order chi connectivity index (χ0) is 15.0. The van der Waals surface area contributed by atoms with Gasteiger partial charge in [0.25, 0.3) is 5.56 Å². The second-order valence-corrected chi connectivity index (χ2v) is 4.90. The summed E-state index contributed by atoms with van der Waals surface area (Å²) in [5, 5.41) is 8.48. The van der Waals surface area contributed by atoms with Gasteiger partial charge in [0.2, 0.25) is 0 Å². The summed E-state index contributed by atoms with van der Waals surface area (Å²) < 4.78 is 2.78. The van der Waals surface area contributed by atoms with Crippen LogP contribution in [0.15, 0.2) is 29.3 Å². The van der Waals surface area contributed by atoms with Gasteiger partial charge in [-0.3, -0.25) is 9.36 Å². The molecule has 21 heavy (non-hydrogen) atoms. The van der Waals surface area contributed by atoms with Crippen LogP contribution in [0.25, 0.3) is 16.9 Å². The van der Waals surface area contributed by atoms with Crippen molar-refractivity contribution in [2.24, 2.45) is 0 Å². The van der Waals surface area contributed by atoms with Crippen LogP contribution in [0.2, 0.25) is 5.02 Å². The Morgan fingerprint density at radius 1 is 1.43 bits per heavy atom. The Morgan fingerprint density at radius 3 is 2.95 bits per heavy atom. The van der Waals surface area contributed by atoms with Crippen LogP contribution >= 0.6 is 11.6 Å². The average molecular weight is 300 g/mol. The van der Waals surface area contributed by atoms with Gasteiger partial charge in [0.1, 0.15) is 6.33 Å². The Morgan fingerprint density at radius 2 is 2.24 bits per heavy atom. The van der Waals surface area contributed by atoms with Crippen molar-refractivity contribution in [1.82, 2.24) is 24.5 Å². The Hall–Kier alpha value is -2.65. The molecule has 2 aromatic heterocycles. The lowest BCUT2D eigenvalue weighted by Gasteiger charge is -2.04. The number of terminal acetylenes is 1. The number of rotatable bonds is 2. The number of hydrogen-bond acceptors (Lipinski definition) is 4. The van der Waals surface area contributed by atoms with E-state index in [9.17, 15) is 4.79 Å². The van der Waals surface area contributed by atoms with E-state index >= 15 is 0 Å². The summed E-state index contributed by atoms with van der Waals surface area (Å²) >= 11 is 6.11. The number of nitrogens with zero attached hydrogens (tertiary/aromatic N) is 5. The molecule has 3 aromatic rings. The third-order valence-corrected chi connectivity index (χ3v) is 3.50. The zero-order valence-corrected chi connectivity index (χ0v) is 11.9. The Labute approximate surface area is 125 Å². The van der Waals surface area contributed by atoms with Gasteiger partial charge < -0.3 is 0 Å². The molecule has 0 N–H and O–H groups in total.